The summed E-state index contributed by atoms with van der Waals surface area (Å²) in [5.74, 6) is -0.302. The van der Waals surface area contributed by atoms with E-state index in [0.717, 1.165) is 61.5 Å². The number of carbonyl (C=O) groups is 1. The number of likely N-dealkylation sites (tertiary alicyclic amines) is 1. The lowest BCUT2D eigenvalue weighted by atomic mass is 9.90. The summed E-state index contributed by atoms with van der Waals surface area (Å²) in [6.07, 6.45) is 4.72. The summed E-state index contributed by atoms with van der Waals surface area (Å²) in [5.41, 5.74) is 2.90. The highest BCUT2D eigenvalue weighted by Crippen LogP contribution is 2.63. The monoisotopic (exact) mass is 604 g/mol. The van der Waals surface area contributed by atoms with E-state index < -0.39 is 17.6 Å². The number of carboxylic acid groups (broad SMARTS) is 1. The average molecular weight is 605 g/mol. The number of hydrogen-bond acceptors (Lipinski definition) is 7. The predicted molar refractivity (Wildman–Crippen MR) is 155 cm³/mol. The minimum atomic E-state index is -1.32. The van der Waals surface area contributed by atoms with E-state index in [1.165, 1.54) is 6.07 Å². The number of pyridine rings is 1. The molecule has 4 atom stereocenters. The van der Waals surface area contributed by atoms with Crippen LogP contribution in [0.2, 0.25) is 5.02 Å². The van der Waals surface area contributed by atoms with E-state index in [0.29, 0.717) is 35.5 Å². The second kappa shape index (κ2) is 9.64. The van der Waals surface area contributed by atoms with Crippen molar-refractivity contribution in [2.24, 2.45) is 5.92 Å². The third-order valence-electron chi connectivity index (χ3n) is 9.57. The third-order valence-corrected chi connectivity index (χ3v) is 9.80. The highest BCUT2D eigenvalue weighted by atomic mass is 35.5. The number of rotatable bonds is 7. The van der Waals surface area contributed by atoms with Gasteiger partial charge >= 0.3 is 5.97 Å². The summed E-state index contributed by atoms with van der Waals surface area (Å²) in [7, 11) is 0. The Morgan fingerprint density at radius 2 is 2.07 bits per heavy atom. The Balaban J connectivity index is 1.03. The van der Waals surface area contributed by atoms with Gasteiger partial charge in [0.2, 0.25) is 0 Å². The zero-order valence-corrected chi connectivity index (χ0v) is 24.3. The lowest BCUT2D eigenvalue weighted by molar-refractivity contribution is -0.0713. The van der Waals surface area contributed by atoms with Crippen molar-refractivity contribution in [2.45, 2.75) is 56.6 Å². The van der Waals surface area contributed by atoms with Gasteiger partial charge in [-0.2, -0.15) is 0 Å². The number of carboxylic acids is 1. The number of aromatic nitrogens is 3. The highest BCUT2D eigenvalue weighted by molar-refractivity contribution is 6.30. The van der Waals surface area contributed by atoms with E-state index in [1.54, 1.807) is 49.5 Å². The molecule has 4 aliphatic rings. The number of aromatic carboxylic acids is 1. The quantitative estimate of drug-likeness (QED) is 0.295. The number of ether oxygens (including phenoxy) is 3. The van der Waals surface area contributed by atoms with Gasteiger partial charge in [-0.05, 0) is 68.1 Å². The number of piperidine rings is 1. The van der Waals surface area contributed by atoms with Crippen LogP contribution in [-0.2, 0) is 29.0 Å². The highest BCUT2D eigenvalue weighted by Gasteiger charge is 2.61. The molecule has 2 saturated heterocycles. The second-order valence-electron chi connectivity index (χ2n) is 12.2. The first-order chi connectivity index (χ1) is 20.7. The zero-order chi connectivity index (χ0) is 29.5. The Hall–Kier alpha value is -3.73. The number of nitrogens with zero attached hydrogens (tertiary/aromatic N) is 4. The fourth-order valence-corrected chi connectivity index (χ4v) is 7.22. The molecule has 1 aliphatic carbocycles. The molecule has 3 unspecified atom stereocenters. The minimum Gasteiger partial charge on any atom is -0.478 e. The van der Waals surface area contributed by atoms with Gasteiger partial charge in [-0.3, -0.25) is 9.88 Å². The van der Waals surface area contributed by atoms with Crippen LogP contribution in [0.4, 0.5) is 4.39 Å². The van der Waals surface area contributed by atoms with Gasteiger partial charge in [-0.15, -0.1) is 0 Å². The Morgan fingerprint density at radius 3 is 2.81 bits per heavy atom. The Kier molecular flexibility index (Phi) is 6.02. The Bertz CT molecular complexity index is 1790. The minimum absolute atomic E-state index is 0.113. The van der Waals surface area contributed by atoms with E-state index in [-0.39, 0.29) is 22.6 Å². The van der Waals surface area contributed by atoms with E-state index in [4.69, 9.17) is 35.8 Å². The van der Waals surface area contributed by atoms with Gasteiger partial charge in [0.15, 0.2) is 11.5 Å². The Labute approximate surface area is 252 Å². The maximum absolute atomic E-state index is 14.9. The van der Waals surface area contributed by atoms with Crippen molar-refractivity contribution in [3.05, 3.63) is 82.1 Å². The summed E-state index contributed by atoms with van der Waals surface area (Å²) in [6, 6.07) is 11.4. The van der Waals surface area contributed by atoms with Crippen molar-refractivity contribution in [1.82, 2.24) is 19.4 Å². The summed E-state index contributed by atoms with van der Waals surface area (Å²) < 4.78 is 35.3. The normalized spacial score (nSPS) is 27.6. The van der Waals surface area contributed by atoms with Gasteiger partial charge in [0.1, 0.15) is 11.6 Å². The van der Waals surface area contributed by atoms with Gasteiger partial charge < -0.3 is 23.9 Å². The van der Waals surface area contributed by atoms with Gasteiger partial charge in [0.05, 0.1) is 47.0 Å². The fraction of sp³-hybridized carbons (Fsp3) is 0.406. The number of benzene rings is 2. The summed E-state index contributed by atoms with van der Waals surface area (Å²) in [6.45, 7) is 5.50. The molecule has 43 heavy (non-hydrogen) atoms. The number of hydrogen-bond donors (Lipinski definition) is 1. The molecule has 222 valence electrons. The van der Waals surface area contributed by atoms with Crippen LogP contribution in [0, 0.1) is 11.7 Å². The molecule has 5 heterocycles. The molecule has 2 aromatic carbocycles. The van der Waals surface area contributed by atoms with Crippen LogP contribution in [0.3, 0.4) is 0 Å². The molecule has 0 bridgehead atoms. The van der Waals surface area contributed by atoms with Gasteiger partial charge in [-0.25, -0.2) is 14.2 Å². The molecule has 8 rings (SSSR count). The van der Waals surface area contributed by atoms with Crippen molar-refractivity contribution < 1.29 is 28.5 Å². The van der Waals surface area contributed by atoms with Crippen molar-refractivity contribution in [3.63, 3.8) is 0 Å². The molecule has 0 amide bonds. The van der Waals surface area contributed by atoms with Crippen LogP contribution in [0.1, 0.15) is 53.6 Å². The van der Waals surface area contributed by atoms with Crippen molar-refractivity contribution in [2.75, 3.05) is 19.7 Å². The molecule has 3 aliphatic heterocycles. The average Bonchev–Trinajstić information content (AvgIpc) is 3.42. The van der Waals surface area contributed by atoms with Crippen molar-refractivity contribution in [3.8, 4) is 11.5 Å². The molecule has 3 fully saturated rings. The van der Waals surface area contributed by atoms with Crippen LogP contribution < -0.4 is 9.47 Å². The second-order valence-corrected chi connectivity index (χ2v) is 12.7. The summed E-state index contributed by atoms with van der Waals surface area (Å²) >= 11 is 5.98. The first-order valence-electron chi connectivity index (χ1n) is 14.6. The third kappa shape index (κ3) is 4.38. The molecule has 4 aromatic rings. The smallest absolute Gasteiger partial charge is 0.335 e. The first-order valence-corrected chi connectivity index (χ1v) is 15.0. The van der Waals surface area contributed by atoms with Crippen LogP contribution in [0.25, 0.3) is 11.0 Å². The van der Waals surface area contributed by atoms with Crippen molar-refractivity contribution in [1.29, 1.82) is 0 Å². The molecule has 0 spiro atoms. The lowest BCUT2D eigenvalue weighted by Crippen LogP contribution is -2.38. The molecule has 1 saturated carbocycles. The van der Waals surface area contributed by atoms with E-state index in [1.807, 2.05) is 0 Å². The van der Waals surface area contributed by atoms with E-state index in [9.17, 15) is 14.3 Å². The van der Waals surface area contributed by atoms with Crippen molar-refractivity contribution >= 4 is 28.6 Å². The van der Waals surface area contributed by atoms with Crippen LogP contribution >= 0.6 is 11.6 Å². The molecule has 1 N–H and O–H groups in total. The van der Waals surface area contributed by atoms with E-state index in [2.05, 4.69) is 9.47 Å². The molecule has 11 heteroatoms. The summed E-state index contributed by atoms with van der Waals surface area (Å²) in [5, 5.41) is 9.87. The fourth-order valence-electron chi connectivity index (χ4n) is 7.06. The Morgan fingerprint density at radius 1 is 1.21 bits per heavy atom. The van der Waals surface area contributed by atoms with Gasteiger partial charge in [0.25, 0.3) is 5.79 Å². The van der Waals surface area contributed by atoms with Crippen LogP contribution in [0.15, 0.2) is 48.7 Å². The topological polar surface area (TPSA) is 98.9 Å². The summed E-state index contributed by atoms with van der Waals surface area (Å²) in [4.78, 5) is 23.8. The zero-order valence-electron chi connectivity index (χ0n) is 23.6. The number of halogens is 2. The maximum atomic E-state index is 14.9. The van der Waals surface area contributed by atoms with Gasteiger partial charge in [-0.1, -0.05) is 11.6 Å². The standard InChI is InChI=1S/C32H30ClFN4O5/c1-31(22-4-3-20(33)13-23(22)34)42-26-6-9-35-29(28(26)43-31)32-8-10-37(15-19(32)14-32)17-27-36-24-5-2-18(30(39)40)12-25(24)38(27)16-21-7-11-41-21/h2-6,9,12-13,19,21H,7-8,10-11,14-17H2,1H3,(H,39,40)/t19?,21-,31?,32?/m0/s1. The molecular formula is C32H30ClFN4O5. The first kappa shape index (κ1) is 26.9. The van der Waals surface area contributed by atoms with Crippen LogP contribution in [0.5, 0.6) is 11.5 Å². The SMILES string of the molecule is CC1(c2ccc(Cl)cc2F)Oc2ccnc(C34CCN(Cc5nc6ccc(C(=O)O)cc6n5C[C@@H]5CCO5)CC3C4)c2O1. The predicted octanol–water partition coefficient (Wildman–Crippen LogP) is 5.52. The molecule has 9 nitrogen and oxygen atoms in total. The number of imidazole rings is 1. The molecular weight excluding hydrogens is 575 g/mol. The lowest BCUT2D eigenvalue weighted by Gasteiger charge is -2.32. The number of fused-ring (bicyclic) bond motifs is 3. The molecule has 0 radical (unpaired) electrons. The van der Waals surface area contributed by atoms with Crippen LogP contribution in [-0.4, -0.2) is 56.3 Å². The maximum Gasteiger partial charge on any atom is 0.335 e. The molecule has 2 aromatic heterocycles. The largest absolute Gasteiger partial charge is 0.478 e. The van der Waals surface area contributed by atoms with Gasteiger partial charge in [0, 0.05) is 42.8 Å². The van der Waals surface area contributed by atoms with E-state index >= 15 is 0 Å².